The number of hydrogen-bond donors (Lipinski definition) is 1. The molecule has 0 spiro atoms. The number of aryl methyl sites for hydroxylation is 1. The fourth-order valence-corrected chi connectivity index (χ4v) is 2.16. The van der Waals surface area contributed by atoms with Crippen LogP contribution in [0.4, 0.5) is 11.5 Å². The number of nitrogens with zero attached hydrogens (tertiary/aromatic N) is 2. The molecule has 90 valence electrons. The van der Waals surface area contributed by atoms with Crippen LogP contribution in [0.25, 0.3) is 0 Å². The number of nitrogens with one attached hydrogen (secondary N) is 1. The Hall–Kier alpha value is -1.57. The molecule has 0 amide bonds. The summed E-state index contributed by atoms with van der Waals surface area (Å²) < 4.78 is 0.927. The van der Waals surface area contributed by atoms with Crippen LogP contribution in [-0.4, -0.2) is 4.98 Å². The van der Waals surface area contributed by atoms with Gasteiger partial charge in [-0.05, 0) is 52.7 Å². The van der Waals surface area contributed by atoms with Gasteiger partial charge in [0.25, 0.3) is 0 Å². The van der Waals surface area contributed by atoms with Gasteiger partial charge in [-0.1, -0.05) is 11.6 Å². The molecule has 3 nitrogen and oxygen atoms in total. The molecule has 0 aliphatic carbocycles. The second kappa shape index (κ2) is 5.38. The highest BCUT2D eigenvalue weighted by atomic mass is 79.9. The summed E-state index contributed by atoms with van der Waals surface area (Å²) >= 11 is 9.45. The number of nitriles is 1. The van der Waals surface area contributed by atoms with E-state index in [4.69, 9.17) is 16.9 Å². The molecule has 0 fully saturated rings. The van der Waals surface area contributed by atoms with E-state index in [1.165, 1.54) is 0 Å². The summed E-state index contributed by atoms with van der Waals surface area (Å²) in [6.07, 6.45) is 1.72. The summed E-state index contributed by atoms with van der Waals surface area (Å²) in [5, 5.41) is 12.4. The van der Waals surface area contributed by atoms with Crippen molar-refractivity contribution in [3.63, 3.8) is 0 Å². The van der Waals surface area contributed by atoms with Crippen molar-refractivity contribution in [1.29, 1.82) is 5.26 Å². The molecule has 2 rings (SSSR count). The highest BCUT2D eigenvalue weighted by Crippen LogP contribution is 2.27. The zero-order chi connectivity index (χ0) is 13.1. The second-order valence-corrected chi connectivity index (χ2v) is 5.07. The monoisotopic (exact) mass is 321 g/mol. The standard InChI is InChI=1S/C13H9BrClN3/c1-8-4-10(14)7-17-13(8)18-12-3-2-9(6-16)5-11(12)15/h2-5,7H,1H3,(H,17,18). The number of pyridine rings is 1. The van der Waals surface area contributed by atoms with E-state index >= 15 is 0 Å². The number of anilines is 2. The van der Waals surface area contributed by atoms with Crippen molar-refractivity contribution in [3.05, 3.63) is 51.1 Å². The topological polar surface area (TPSA) is 48.7 Å². The maximum atomic E-state index is 8.77. The number of rotatable bonds is 2. The van der Waals surface area contributed by atoms with Gasteiger partial charge in [-0.3, -0.25) is 0 Å². The molecule has 0 saturated carbocycles. The van der Waals surface area contributed by atoms with Crippen molar-refractivity contribution in [2.45, 2.75) is 6.92 Å². The highest BCUT2D eigenvalue weighted by Gasteiger charge is 2.05. The van der Waals surface area contributed by atoms with Gasteiger partial charge in [0.1, 0.15) is 5.82 Å². The van der Waals surface area contributed by atoms with Gasteiger partial charge in [-0.2, -0.15) is 5.26 Å². The molecular formula is C13H9BrClN3. The minimum absolute atomic E-state index is 0.498. The summed E-state index contributed by atoms with van der Waals surface area (Å²) in [4.78, 5) is 4.28. The third-order valence-electron chi connectivity index (χ3n) is 2.40. The summed E-state index contributed by atoms with van der Waals surface area (Å²) in [6.45, 7) is 1.96. The molecule has 0 bridgehead atoms. The molecule has 18 heavy (non-hydrogen) atoms. The van der Waals surface area contributed by atoms with Crippen LogP contribution < -0.4 is 5.32 Å². The van der Waals surface area contributed by atoms with Crippen LogP contribution in [0.5, 0.6) is 0 Å². The van der Waals surface area contributed by atoms with E-state index in [-0.39, 0.29) is 0 Å². The predicted octanol–water partition coefficient (Wildman–Crippen LogP) is 4.42. The van der Waals surface area contributed by atoms with Crippen molar-refractivity contribution >= 4 is 39.0 Å². The van der Waals surface area contributed by atoms with Gasteiger partial charge in [-0.15, -0.1) is 0 Å². The first-order valence-electron chi connectivity index (χ1n) is 5.19. The lowest BCUT2D eigenvalue weighted by atomic mass is 10.2. The Bertz CT molecular complexity index is 635. The van der Waals surface area contributed by atoms with E-state index in [1.807, 2.05) is 19.1 Å². The van der Waals surface area contributed by atoms with Crippen LogP contribution in [0.3, 0.4) is 0 Å². The number of benzene rings is 1. The fourth-order valence-electron chi connectivity index (χ4n) is 1.48. The van der Waals surface area contributed by atoms with E-state index in [2.05, 4.69) is 26.2 Å². The third-order valence-corrected chi connectivity index (χ3v) is 3.14. The normalized spacial score (nSPS) is 9.89. The number of aromatic nitrogens is 1. The Morgan fingerprint density at radius 2 is 2.17 bits per heavy atom. The fraction of sp³-hybridized carbons (Fsp3) is 0.0769. The van der Waals surface area contributed by atoms with Crippen LogP contribution in [0.2, 0.25) is 5.02 Å². The molecule has 0 atom stereocenters. The molecule has 0 aliphatic rings. The maximum absolute atomic E-state index is 8.77. The smallest absolute Gasteiger partial charge is 0.133 e. The Morgan fingerprint density at radius 1 is 1.39 bits per heavy atom. The minimum Gasteiger partial charge on any atom is -0.339 e. The van der Waals surface area contributed by atoms with Crippen LogP contribution in [0, 0.1) is 18.3 Å². The van der Waals surface area contributed by atoms with Crippen LogP contribution in [0.15, 0.2) is 34.9 Å². The van der Waals surface area contributed by atoms with E-state index in [0.29, 0.717) is 10.6 Å². The van der Waals surface area contributed by atoms with Gasteiger partial charge >= 0.3 is 0 Å². The molecule has 1 aromatic carbocycles. The Balaban J connectivity index is 2.32. The quantitative estimate of drug-likeness (QED) is 0.890. The van der Waals surface area contributed by atoms with E-state index in [9.17, 15) is 0 Å². The molecule has 1 N–H and O–H groups in total. The minimum atomic E-state index is 0.498. The Morgan fingerprint density at radius 3 is 2.78 bits per heavy atom. The average molecular weight is 323 g/mol. The molecular weight excluding hydrogens is 314 g/mol. The molecule has 0 radical (unpaired) electrons. The van der Waals surface area contributed by atoms with Gasteiger partial charge in [0.2, 0.25) is 0 Å². The lowest BCUT2D eigenvalue weighted by Gasteiger charge is -2.10. The summed E-state index contributed by atoms with van der Waals surface area (Å²) in [5.74, 6) is 0.741. The van der Waals surface area contributed by atoms with Crippen molar-refractivity contribution in [2.75, 3.05) is 5.32 Å². The summed E-state index contributed by atoms with van der Waals surface area (Å²) in [6, 6.07) is 9.11. The van der Waals surface area contributed by atoms with Gasteiger partial charge in [0, 0.05) is 10.7 Å². The van der Waals surface area contributed by atoms with Crippen molar-refractivity contribution in [3.8, 4) is 6.07 Å². The largest absolute Gasteiger partial charge is 0.339 e. The molecule has 5 heteroatoms. The van der Waals surface area contributed by atoms with Crippen LogP contribution >= 0.6 is 27.5 Å². The first-order valence-corrected chi connectivity index (χ1v) is 6.36. The van der Waals surface area contributed by atoms with E-state index < -0.39 is 0 Å². The molecule has 0 aliphatic heterocycles. The average Bonchev–Trinajstić information content (AvgIpc) is 2.34. The van der Waals surface area contributed by atoms with Gasteiger partial charge in [0.15, 0.2) is 0 Å². The molecule has 0 unspecified atom stereocenters. The SMILES string of the molecule is Cc1cc(Br)cnc1Nc1ccc(C#N)cc1Cl. The number of hydrogen-bond acceptors (Lipinski definition) is 3. The third kappa shape index (κ3) is 2.81. The van der Waals surface area contributed by atoms with E-state index in [0.717, 1.165) is 21.5 Å². The maximum Gasteiger partial charge on any atom is 0.133 e. The number of halogens is 2. The van der Waals surface area contributed by atoms with Crippen molar-refractivity contribution < 1.29 is 0 Å². The molecule has 0 saturated heterocycles. The summed E-state index contributed by atoms with van der Waals surface area (Å²) in [7, 11) is 0. The Kier molecular flexibility index (Phi) is 3.85. The lowest BCUT2D eigenvalue weighted by Crippen LogP contribution is -1.97. The van der Waals surface area contributed by atoms with Crippen LogP contribution in [0.1, 0.15) is 11.1 Å². The Labute approximate surface area is 119 Å². The van der Waals surface area contributed by atoms with Crippen molar-refractivity contribution in [2.24, 2.45) is 0 Å². The highest BCUT2D eigenvalue weighted by molar-refractivity contribution is 9.10. The van der Waals surface area contributed by atoms with Crippen LogP contribution in [-0.2, 0) is 0 Å². The van der Waals surface area contributed by atoms with Gasteiger partial charge in [0.05, 0.1) is 22.3 Å². The zero-order valence-electron chi connectivity index (χ0n) is 9.54. The molecule has 2 aromatic rings. The second-order valence-electron chi connectivity index (χ2n) is 3.75. The zero-order valence-corrected chi connectivity index (χ0v) is 11.9. The first-order chi connectivity index (χ1) is 8.60. The van der Waals surface area contributed by atoms with Gasteiger partial charge in [-0.25, -0.2) is 4.98 Å². The first kappa shape index (κ1) is 12.9. The van der Waals surface area contributed by atoms with E-state index in [1.54, 1.807) is 24.4 Å². The van der Waals surface area contributed by atoms with Crippen molar-refractivity contribution in [1.82, 2.24) is 4.98 Å². The molecule has 1 heterocycles. The predicted molar refractivity (Wildman–Crippen MR) is 76.1 cm³/mol. The molecule has 1 aromatic heterocycles. The summed E-state index contributed by atoms with van der Waals surface area (Å²) in [5.41, 5.74) is 2.27. The van der Waals surface area contributed by atoms with Gasteiger partial charge < -0.3 is 5.32 Å². The lowest BCUT2D eigenvalue weighted by molar-refractivity contribution is 1.24.